The second kappa shape index (κ2) is 6.71. The number of nitrogens with one attached hydrogen (secondary N) is 1. The second-order valence-electron chi connectivity index (χ2n) is 7.41. The molecule has 1 N–H and O–H groups in total. The number of hydrogen-bond donors (Lipinski definition) is 1. The molecule has 1 aromatic heterocycles. The number of hydrogen-bond acceptors (Lipinski definition) is 4. The van der Waals surface area contributed by atoms with Crippen molar-refractivity contribution < 1.29 is 13.9 Å². The summed E-state index contributed by atoms with van der Waals surface area (Å²) in [5.41, 5.74) is 1.58. The largest absolute Gasteiger partial charge is 0.493 e. The Morgan fingerprint density at radius 1 is 1.32 bits per heavy atom. The fourth-order valence-electron chi connectivity index (χ4n) is 3.80. The lowest BCUT2D eigenvalue weighted by atomic mass is 10.1. The van der Waals surface area contributed by atoms with Crippen LogP contribution < -0.4 is 10.1 Å². The van der Waals surface area contributed by atoms with Crippen LogP contribution in [0.5, 0.6) is 5.75 Å². The summed E-state index contributed by atoms with van der Waals surface area (Å²) >= 11 is 0. The van der Waals surface area contributed by atoms with Crippen molar-refractivity contribution in [1.29, 1.82) is 0 Å². The van der Waals surface area contributed by atoms with E-state index in [1.54, 1.807) is 12.3 Å². The molecule has 1 aliphatic carbocycles. The maximum Gasteiger partial charge on any atom is 0.251 e. The van der Waals surface area contributed by atoms with Crippen molar-refractivity contribution in [2.24, 2.45) is 5.41 Å². The zero-order valence-electron chi connectivity index (χ0n) is 14.8. The second-order valence-corrected chi connectivity index (χ2v) is 7.41. The van der Waals surface area contributed by atoms with Crippen molar-refractivity contribution in [2.45, 2.75) is 32.6 Å². The van der Waals surface area contributed by atoms with E-state index in [1.807, 2.05) is 19.1 Å². The highest BCUT2D eigenvalue weighted by Crippen LogP contribution is 2.46. The van der Waals surface area contributed by atoms with Crippen molar-refractivity contribution in [2.75, 3.05) is 32.8 Å². The average Bonchev–Trinajstić information content (AvgIpc) is 3.01. The Kier molecular flexibility index (Phi) is 4.42. The van der Waals surface area contributed by atoms with E-state index in [0.717, 1.165) is 18.5 Å². The van der Waals surface area contributed by atoms with Crippen molar-refractivity contribution in [3.05, 3.63) is 30.0 Å². The molecule has 2 heterocycles. The molecule has 0 spiro atoms. The molecular formula is C20H26N2O3. The fourth-order valence-corrected chi connectivity index (χ4v) is 3.80. The Morgan fingerprint density at radius 2 is 2.12 bits per heavy atom. The number of likely N-dealkylation sites (tertiary alicyclic amines) is 1. The molecule has 0 radical (unpaired) electrons. The molecule has 1 saturated carbocycles. The number of amides is 1. The van der Waals surface area contributed by atoms with Gasteiger partial charge in [0.1, 0.15) is 11.3 Å². The van der Waals surface area contributed by atoms with Crippen LogP contribution in [0.15, 0.2) is 28.9 Å². The van der Waals surface area contributed by atoms with E-state index in [0.29, 0.717) is 23.5 Å². The van der Waals surface area contributed by atoms with Gasteiger partial charge < -0.3 is 19.4 Å². The van der Waals surface area contributed by atoms with E-state index in [2.05, 4.69) is 10.2 Å². The van der Waals surface area contributed by atoms with Crippen LogP contribution in [-0.4, -0.2) is 43.6 Å². The molecule has 0 atom stereocenters. The fraction of sp³-hybridized carbons (Fsp3) is 0.550. The Hall–Kier alpha value is -2.01. The van der Waals surface area contributed by atoms with E-state index >= 15 is 0 Å². The summed E-state index contributed by atoms with van der Waals surface area (Å²) in [6.45, 7) is 6.79. The smallest absolute Gasteiger partial charge is 0.251 e. The molecule has 5 heteroatoms. The van der Waals surface area contributed by atoms with Crippen LogP contribution >= 0.6 is 0 Å². The monoisotopic (exact) mass is 342 g/mol. The first-order chi connectivity index (χ1) is 12.2. The topological polar surface area (TPSA) is 54.7 Å². The minimum absolute atomic E-state index is 0.0491. The van der Waals surface area contributed by atoms with E-state index in [1.165, 1.54) is 38.8 Å². The molecular weight excluding hydrogens is 316 g/mol. The summed E-state index contributed by atoms with van der Waals surface area (Å²) in [7, 11) is 0. The van der Waals surface area contributed by atoms with Gasteiger partial charge in [0.05, 0.1) is 18.3 Å². The van der Waals surface area contributed by atoms with Gasteiger partial charge in [0.2, 0.25) is 0 Å². The zero-order valence-corrected chi connectivity index (χ0v) is 14.8. The number of nitrogens with zero attached hydrogens (tertiary/aromatic N) is 1. The third-order valence-corrected chi connectivity index (χ3v) is 5.43. The van der Waals surface area contributed by atoms with Gasteiger partial charge >= 0.3 is 0 Å². The van der Waals surface area contributed by atoms with Crippen molar-refractivity contribution in [3.8, 4) is 5.75 Å². The molecule has 2 aliphatic rings. The molecule has 1 saturated heterocycles. The van der Waals surface area contributed by atoms with Crippen LogP contribution in [0.4, 0.5) is 0 Å². The van der Waals surface area contributed by atoms with E-state index in [4.69, 9.17) is 9.15 Å². The van der Waals surface area contributed by atoms with Crippen molar-refractivity contribution in [1.82, 2.24) is 10.2 Å². The third kappa shape index (κ3) is 3.52. The van der Waals surface area contributed by atoms with E-state index in [9.17, 15) is 4.79 Å². The minimum Gasteiger partial charge on any atom is -0.493 e. The third-order valence-electron chi connectivity index (χ3n) is 5.43. The standard InChI is InChI=1S/C20H26N2O3/c1-2-24-17-11-15(12-18-16(17)5-10-25-18)19(23)21-13-20(6-7-20)14-22-8-3-4-9-22/h5,10-12H,2-4,6-9,13-14H2,1H3,(H,21,23). The molecule has 1 aliphatic heterocycles. The first kappa shape index (κ1) is 16.5. The SMILES string of the molecule is CCOc1cc(C(=O)NCC2(CN3CCCC3)CC2)cc2occc12. The molecule has 0 bridgehead atoms. The number of ether oxygens (including phenoxy) is 1. The Bertz CT molecular complexity index is 757. The summed E-state index contributed by atoms with van der Waals surface area (Å²) in [5.74, 6) is 0.657. The van der Waals surface area contributed by atoms with Gasteiger partial charge in [0.15, 0.2) is 0 Å². The van der Waals surface area contributed by atoms with Gasteiger partial charge in [-0.3, -0.25) is 4.79 Å². The number of furan rings is 1. The molecule has 1 amide bonds. The molecule has 4 rings (SSSR count). The van der Waals surface area contributed by atoms with Crippen LogP contribution in [0.1, 0.15) is 43.0 Å². The van der Waals surface area contributed by atoms with Crippen LogP contribution in [0.3, 0.4) is 0 Å². The lowest BCUT2D eigenvalue weighted by Gasteiger charge is -2.23. The molecule has 1 aromatic carbocycles. The van der Waals surface area contributed by atoms with E-state index < -0.39 is 0 Å². The maximum absolute atomic E-state index is 12.7. The summed E-state index contributed by atoms with van der Waals surface area (Å²) < 4.78 is 11.1. The van der Waals surface area contributed by atoms with Gasteiger partial charge in [0, 0.05) is 24.1 Å². The minimum atomic E-state index is -0.0491. The highest BCUT2D eigenvalue weighted by atomic mass is 16.5. The summed E-state index contributed by atoms with van der Waals surface area (Å²) in [5, 5.41) is 4.05. The number of carbonyl (C=O) groups excluding carboxylic acids is 1. The maximum atomic E-state index is 12.7. The van der Waals surface area contributed by atoms with Gasteiger partial charge in [-0.1, -0.05) is 0 Å². The normalized spacial score (nSPS) is 19.2. The lowest BCUT2D eigenvalue weighted by molar-refractivity contribution is 0.0939. The van der Waals surface area contributed by atoms with Crippen molar-refractivity contribution in [3.63, 3.8) is 0 Å². The van der Waals surface area contributed by atoms with Crippen LogP contribution in [0, 0.1) is 5.41 Å². The quantitative estimate of drug-likeness (QED) is 0.837. The van der Waals surface area contributed by atoms with Crippen LogP contribution in [-0.2, 0) is 0 Å². The molecule has 2 fully saturated rings. The van der Waals surface area contributed by atoms with Gasteiger partial charge in [-0.15, -0.1) is 0 Å². The highest BCUT2D eigenvalue weighted by molar-refractivity contribution is 5.99. The van der Waals surface area contributed by atoms with Crippen LogP contribution in [0.25, 0.3) is 11.0 Å². The van der Waals surface area contributed by atoms with Gasteiger partial charge in [-0.2, -0.15) is 0 Å². The number of fused-ring (bicyclic) bond motifs is 1. The predicted octanol–water partition coefficient (Wildman–Crippen LogP) is 3.44. The average molecular weight is 342 g/mol. The summed E-state index contributed by atoms with van der Waals surface area (Å²) in [6, 6.07) is 5.49. The predicted molar refractivity (Wildman–Crippen MR) is 97.1 cm³/mol. The van der Waals surface area contributed by atoms with E-state index in [-0.39, 0.29) is 11.3 Å². The Balaban J connectivity index is 1.43. The molecule has 25 heavy (non-hydrogen) atoms. The lowest BCUT2D eigenvalue weighted by Crippen LogP contribution is -2.37. The van der Waals surface area contributed by atoms with Crippen LogP contribution in [0.2, 0.25) is 0 Å². The number of benzene rings is 1. The van der Waals surface area contributed by atoms with Gasteiger partial charge in [-0.05, 0) is 63.9 Å². The van der Waals surface area contributed by atoms with Gasteiger partial charge in [0.25, 0.3) is 5.91 Å². The zero-order chi connectivity index (χ0) is 17.3. The summed E-state index contributed by atoms with van der Waals surface area (Å²) in [4.78, 5) is 15.2. The highest BCUT2D eigenvalue weighted by Gasteiger charge is 2.44. The molecule has 2 aromatic rings. The summed E-state index contributed by atoms with van der Waals surface area (Å²) in [6.07, 6.45) is 6.68. The molecule has 134 valence electrons. The Morgan fingerprint density at radius 3 is 2.84 bits per heavy atom. The first-order valence-electron chi connectivity index (χ1n) is 9.34. The van der Waals surface area contributed by atoms with Crippen molar-refractivity contribution >= 4 is 16.9 Å². The number of carbonyl (C=O) groups is 1. The molecule has 0 unspecified atom stereocenters. The Labute approximate surface area is 148 Å². The number of rotatable bonds is 7. The molecule has 5 nitrogen and oxygen atoms in total. The van der Waals surface area contributed by atoms with Gasteiger partial charge in [-0.25, -0.2) is 0 Å². The first-order valence-corrected chi connectivity index (χ1v) is 9.34.